The molecule has 1 aromatic heterocycles. The Morgan fingerprint density at radius 1 is 1.11 bits per heavy atom. The first kappa shape index (κ1) is 13.8. The quantitative estimate of drug-likeness (QED) is 0.784. The fourth-order valence-corrected chi connectivity index (χ4v) is 2.13. The predicted octanol–water partition coefficient (Wildman–Crippen LogP) is 2.72. The number of benzene rings is 1. The number of nitrogens with one attached hydrogen (secondary N) is 1. The van der Waals surface area contributed by atoms with Crippen LogP contribution in [0, 0.1) is 13.8 Å². The van der Waals surface area contributed by atoms with Crippen molar-refractivity contribution in [1.29, 1.82) is 0 Å². The van der Waals surface area contributed by atoms with Crippen molar-refractivity contribution in [3.05, 3.63) is 58.5 Å². The van der Waals surface area contributed by atoms with Crippen molar-refractivity contribution in [3.8, 4) is 0 Å². The first-order valence-electron chi connectivity index (χ1n) is 6.64. The lowest BCUT2D eigenvalue weighted by Crippen LogP contribution is -2.16. The number of hydrogen-bond donors (Lipinski definition) is 2. The highest BCUT2D eigenvalue weighted by atomic mass is 16.3. The number of aryl methyl sites for hydroxylation is 2. The molecule has 0 aliphatic heterocycles. The molecule has 0 saturated carbocycles. The van der Waals surface area contributed by atoms with Gasteiger partial charge in [-0.2, -0.15) is 0 Å². The normalized spacial score (nSPS) is 10.9. The third-order valence-corrected chi connectivity index (χ3v) is 3.26. The van der Waals surface area contributed by atoms with Crippen molar-refractivity contribution in [3.63, 3.8) is 0 Å². The molecule has 1 heterocycles. The Kier molecular flexibility index (Phi) is 4.77. The van der Waals surface area contributed by atoms with Crippen molar-refractivity contribution in [2.75, 3.05) is 6.54 Å². The van der Waals surface area contributed by atoms with Crippen LogP contribution in [0.4, 0.5) is 0 Å². The van der Waals surface area contributed by atoms with Crippen LogP contribution >= 0.6 is 0 Å². The first-order valence-corrected chi connectivity index (χ1v) is 6.64. The van der Waals surface area contributed by atoms with Gasteiger partial charge in [0.25, 0.3) is 0 Å². The molecule has 2 N–H and O–H groups in total. The Labute approximate surface area is 114 Å². The van der Waals surface area contributed by atoms with E-state index in [1.807, 2.05) is 26.0 Å². The Bertz CT molecular complexity index is 514. The second-order valence-electron chi connectivity index (χ2n) is 4.84. The maximum Gasteiger partial charge on any atom is 0.105 e. The smallest absolute Gasteiger partial charge is 0.105 e. The van der Waals surface area contributed by atoms with E-state index in [0.29, 0.717) is 0 Å². The van der Waals surface area contributed by atoms with Gasteiger partial charge in [-0.1, -0.05) is 24.3 Å². The lowest BCUT2D eigenvalue weighted by Gasteiger charge is -2.05. The fraction of sp³-hybridized carbons (Fsp3) is 0.375. The summed E-state index contributed by atoms with van der Waals surface area (Å²) < 4.78 is 5.49. The summed E-state index contributed by atoms with van der Waals surface area (Å²) in [6, 6.07) is 10.2. The molecule has 3 heteroatoms. The second kappa shape index (κ2) is 6.55. The molecule has 102 valence electrons. The van der Waals surface area contributed by atoms with Crippen LogP contribution in [0.3, 0.4) is 0 Å². The van der Waals surface area contributed by atoms with Crippen molar-refractivity contribution < 1.29 is 9.52 Å². The number of hydrogen-bond acceptors (Lipinski definition) is 3. The summed E-state index contributed by atoms with van der Waals surface area (Å²) in [5, 5.41) is 12.4. The van der Waals surface area contributed by atoms with Gasteiger partial charge < -0.3 is 14.8 Å². The fourth-order valence-electron chi connectivity index (χ4n) is 2.13. The summed E-state index contributed by atoms with van der Waals surface area (Å²) in [6.07, 6.45) is 0.988. The van der Waals surface area contributed by atoms with Crippen LogP contribution in [0.2, 0.25) is 0 Å². The Morgan fingerprint density at radius 3 is 2.37 bits per heavy atom. The second-order valence-corrected chi connectivity index (χ2v) is 4.84. The third-order valence-electron chi connectivity index (χ3n) is 3.26. The van der Waals surface area contributed by atoms with E-state index in [9.17, 15) is 0 Å². The van der Waals surface area contributed by atoms with Gasteiger partial charge in [0.05, 0.1) is 6.61 Å². The summed E-state index contributed by atoms with van der Waals surface area (Å²) in [4.78, 5) is 0. The minimum Gasteiger partial charge on any atom is -0.466 e. The zero-order valence-corrected chi connectivity index (χ0v) is 11.6. The molecule has 0 bridgehead atoms. The summed E-state index contributed by atoms with van der Waals surface area (Å²) in [7, 11) is 0. The van der Waals surface area contributed by atoms with Crippen LogP contribution in [-0.2, 0) is 19.6 Å². The molecule has 0 aliphatic rings. The minimum absolute atomic E-state index is 0.109. The SMILES string of the molecule is Cc1cc(CNCCc2ccc(CO)cc2)c(C)o1. The molecule has 2 rings (SSSR count). The maximum absolute atomic E-state index is 8.98. The van der Waals surface area contributed by atoms with Crippen LogP contribution in [0.5, 0.6) is 0 Å². The zero-order chi connectivity index (χ0) is 13.7. The van der Waals surface area contributed by atoms with Gasteiger partial charge in [0.15, 0.2) is 0 Å². The molecular formula is C16H21NO2. The van der Waals surface area contributed by atoms with Gasteiger partial charge in [-0.3, -0.25) is 0 Å². The molecule has 0 unspecified atom stereocenters. The number of furan rings is 1. The summed E-state index contributed by atoms with van der Waals surface area (Å²) in [6.45, 7) is 5.86. The molecule has 0 spiro atoms. The van der Waals surface area contributed by atoms with Gasteiger partial charge >= 0.3 is 0 Å². The van der Waals surface area contributed by atoms with Crippen LogP contribution in [0.25, 0.3) is 0 Å². The van der Waals surface area contributed by atoms with E-state index >= 15 is 0 Å². The van der Waals surface area contributed by atoms with Gasteiger partial charge in [0.2, 0.25) is 0 Å². The van der Waals surface area contributed by atoms with Crippen LogP contribution in [0.15, 0.2) is 34.7 Å². The molecule has 0 amide bonds. The molecular weight excluding hydrogens is 238 g/mol. The predicted molar refractivity (Wildman–Crippen MR) is 76.0 cm³/mol. The van der Waals surface area contributed by atoms with E-state index in [4.69, 9.17) is 9.52 Å². The summed E-state index contributed by atoms with van der Waals surface area (Å²) in [5.74, 6) is 1.96. The van der Waals surface area contributed by atoms with Gasteiger partial charge in [0, 0.05) is 12.1 Å². The topological polar surface area (TPSA) is 45.4 Å². The minimum atomic E-state index is 0.109. The van der Waals surface area contributed by atoms with Crippen molar-refractivity contribution >= 4 is 0 Å². The van der Waals surface area contributed by atoms with E-state index in [-0.39, 0.29) is 6.61 Å². The van der Waals surface area contributed by atoms with Gasteiger partial charge in [-0.15, -0.1) is 0 Å². The standard InChI is InChI=1S/C16H21NO2/c1-12-9-16(13(2)19-12)10-17-8-7-14-3-5-15(11-18)6-4-14/h3-6,9,17-18H,7-8,10-11H2,1-2H3. The summed E-state index contributed by atoms with van der Waals surface area (Å²) >= 11 is 0. The molecule has 0 atom stereocenters. The van der Waals surface area contributed by atoms with Crippen molar-refractivity contribution in [2.45, 2.75) is 33.4 Å². The molecule has 0 radical (unpaired) electrons. The largest absolute Gasteiger partial charge is 0.466 e. The van der Waals surface area contributed by atoms with E-state index in [2.05, 4.69) is 23.5 Å². The number of rotatable bonds is 6. The molecule has 1 aromatic carbocycles. The molecule has 2 aromatic rings. The van der Waals surface area contributed by atoms with Crippen molar-refractivity contribution in [1.82, 2.24) is 5.32 Å². The molecule has 0 fully saturated rings. The monoisotopic (exact) mass is 259 g/mol. The van der Waals surface area contributed by atoms with E-state index in [0.717, 1.165) is 36.6 Å². The van der Waals surface area contributed by atoms with Crippen LogP contribution in [-0.4, -0.2) is 11.7 Å². The Balaban J connectivity index is 1.75. The highest BCUT2D eigenvalue weighted by molar-refractivity contribution is 5.22. The van der Waals surface area contributed by atoms with Crippen LogP contribution in [0.1, 0.15) is 28.2 Å². The van der Waals surface area contributed by atoms with Crippen LogP contribution < -0.4 is 5.32 Å². The zero-order valence-electron chi connectivity index (χ0n) is 11.6. The average Bonchev–Trinajstić information content (AvgIpc) is 2.74. The van der Waals surface area contributed by atoms with Crippen molar-refractivity contribution in [2.24, 2.45) is 0 Å². The highest BCUT2D eigenvalue weighted by Gasteiger charge is 2.03. The number of aliphatic hydroxyl groups excluding tert-OH is 1. The van der Waals surface area contributed by atoms with Gasteiger partial charge in [0.1, 0.15) is 11.5 Å². The summed E-state index contributed by atoms with van der Waals surface area (Å²) in [5.41, 5.74) is 3.47. The van der Waals surface area contributed by atoms with Gasteiger partial charge in [-0.25, -0.2) is 0 Å². The lowest BCUT2D eigenvalue weighted by atomic mass is 10.1. The Hall–Kier alpha value is -1.58. The van der Waals surface area contributed by atoms with Gasteiger partial charge in [-0.05, 0) is 44.0 Å². The first-order chi connectivity index (χ1) is 9.19. The van der Waals surface area contributed by atoms with E-state index in [1.165, 1.54) is 11.1 Å². The molecule has 19 heavy (non-hydrogen) atoms. The number of aliphatic hydroxyl groups is 1. The Morgan fingerprint density at radius 2 is 1.79 bits per heavy atom. The molecule has 0 aliphatic carbocycles. The third kappa shape index (κ3) is 3.94. The molecule has 0 saturated heterocycles. The molecule has 3 nitrogen and oxygen atoms in total. The maximum atomic E-state index is 8.98. The highest BCUT2D eigenvalue weighted by Crippen LogP contribution is 2.13. The lowest BCUT2D eigenvalue weighted by molar-refractivity contribution is 0.282. The average molecular weight is 259 g/mol. The van der Waals surface area contributed by atoms with E-state index in [1.54, 1.807) is 0 Å². The van der Waals surface area contributed by atoms with E-state index < -0.39 is 0 Å².